The van der Waals surface area contributed by atoms with Crippen LogP contribution in [-0.4, -0.2) is 25.1 Å². The van der Waals surface area contributed by atoms with E-state index in [9.17, 15) is 10.1 Å². The first-order valence-corrected chi connectivity index (χ1v) is 7.70. The van der Waals surface area contributed by atoms with E-state index in [1.165, 1.54) is 11.6 Å². The number of fused-ring (bicyclic) bond motifs is 1. The summed E-state index contributed by atoms with van der Waals surface area (Å²) < 4.78 is 1.61. The Morgan fingerprint density at radius 3 is 2.76 bits per heavy atom. The van der Waals surface area contributed by atoms with E-state index >= 15 is 0 Å². The topological polar surface area (TPSA) is 98.8 Å². The van der Waals surface area contributed by atoms with Crippen LogP contribution in [0.25, 0.3) is 5.70 Å². The molecule has 8 heteroatoms. The van der Waals surface area contributed by atoms with Gasteiger partial charge in [0.15, 0.2) is 0 Å². The summed E-state index contributed by atoms with van der Waals surface area (Å²) in [5.41, 5.74) is 3.80. The van der Waals surface area contributed by atoms with Crippen LogP contribution in [0.2, 0.25) is 0 Å². The van der Waals surface area contributed by atoms with Crippen molar-refractivity contribution in [3.05, 3.63) is 81.4 Å². The summed E-state index contributed by atoms with van der Waals surface area (Å²) in [7, 11) is 0. The van der Waals surface area contributed by atoms with Crippen LogP contribution < -0.4 is 5.32 Å². The Bertz CT molecular complexity index is 977. The van der Waals surface area contributed by atoms with Crippen LogP contribution in [0.5, 0.6) is 0 Å². The number of hydrogen-bond acceptors (Lipinski definition) is 6. The molecule has 1 aliphatic heterocycles. The quantitative estimate of drug-likeness (QED) is 0.584. The third-order valence-corrected chi connectivity index (χ3v) is 4.11. The first kappa shape index (κ1) is 15.0. The minimum absolute atomic E-state index is 0.0379. The zero-order valence-electron chi connectivity index (χ0n) is 13.3. The van der Waals surface area contributed by atoms with Crippen LogP contribution in [0.4, 0.5) is 11.6 Å². The lowest BCUT2D eigenvalue weighted by Gasteiger charge is -2.23. The van der Waals surface area contributed by atoms with Gasteiger partial charge in [0.25, 0.3) is 5.69 Å². The van der Waals surface area contributed by atoms with Gasteiger partial charge in [-0.1, -0.05) is 47.1 Å². The van der Waals surface area contributed by atoms with Gasteiger partial charge in [0, 0.05) is 17.8 Å². The van der Waals surface area contributed by atoms with Gasteiger partial charge in [-0.25, -0.2) is 0 Å². The lowest BCUT2D eigenvalue weighted by Crippen LogP contribution is -2.20. The number of aryl methyl sites for hydroxylation is 1. The van der Waals surface area contributed by atoms with Crippen molar-refractivity contribution in [1.29, 1.82) is 0 Å². The van der Waals surface area contributed by atoms with Crippen molar-refractivity contribution in [1.82, 2.24) is 20.2 Å². The number of nitro benzene ring substituents is 1. The molecule has 2 heterocycles. The van der Waals surface area contributed by atoms with E-state index in [1.54, 1.807) is 16.8 Å². The fraction of sp³-hybridized carbons (Fsp3) is 0.118. The number of hydrogen-bond donors (Lipinski definition) is 1. The van der Waals surface area contributed by atoms with E-state index in [1.807, 2.05) is 43.3 Å². The summed E-state index contributed by atoms with van der Waals surface area (Å²) in [6, 6.07) is 14.3. The molecule has 0 saturated carbocycles. The zero-order valence-corrected chi connectivity index (χ0v) is 13.3. The van der Waals surface area contributed by atoms with Crippen LogP contribution in [-0.2, 0) is 0 Å². The molecule has 25 heavy (non-hydrogen) atoms. The number of tetrazole rings is 1. The Balaban J connectivity index is 1.81. The number of nitrogens with one attached hydrogen (secondary N) is 1. The molecule has 2 aromatic carbocycles. The molecule has 8 nitrogen and oxygen atoms in total. The summed E-state index contributed by atoms with van der Waals surface area (Å²) in [6.07, 6.45) is 1.97. The first-order chi connectivity index (χ1) is 12.1. The zero-order chi connectivity index (χ0) is 17.4. The molecule has 0 amide bonds. The number of nitro groups is 1. The van der Waals surface area contributed by atoms with Crippen molar-refractivity contribution < 1.29 is 4.92 Å². The molecule has 0 radical (unpaired) electrons. The summed E-state index contributed by atoms with van der Waals surface area (Å²) in [5.74, 6) is 0.495. The van der Waals surface area contributed by atoms with E-state index in [2.05, 4.69) is 20.8 Å². The molecule has 124 valence electrons. The molecule has 1 unspecified atom stereocenters. The Morgan fingerprint density at radius 1 is 1.20 bits per heavy atom. The lowest BCUT2D eigenvalue weighted by atomic mass is 10.0. The van der Waals surface area contributed by atoms with Gasteiger partial charge in [0.1, 0.15) is 6.04 Å². The number of allylic oxidation sites excluding steroid dienone is 1. The monoisotopic (exact) mass is 334 g/mol. The SMILES string of the molecule is Cc1ccc(C2=CC(c3cccc([N+](=O)[O-])c3)n3nnnc3N2)cc1. The summed E-state index contributed by atoms with van der Waals surface area (Å²) in [5, 5.41) is 26.0. The highest BCUT2D eigenvalue weighted by Crippen LogP contribution is 2.32. The maximum Gasteiger partial charge on any atom is 0.269 e. The van der Waals surface area contributed by atoms with Crippen LogP contribution >= 0.6 is 0 Å². The highest BCUT2D eigenvalue weighted by molar-refractivity contribution is 5.77. The molecule has 0 aliphatic carbocycles. The van der Waals surface area contributed by atoms with E-state index in [-0.39, 0.29) is 11.7 Å². The van der Waals surface area contributed by atoms with Gasteiger partial charge in [-0.15, -0.1) is 0 Å². The number of benzene rings is 2. The van der Waals surface area contributed by atoms with E-state index in [0.29, 0.717) is 5.95 Å². The molecule has 0 saturated heterocycles. The highest BCUT2D eigenvalue weighted by atomic mass is 16.6. The molecular formula is C17H14N6O2. The first-order valence-electron chi connectivity index (χ1n) is 7.70. The minimum atomic E-state index is -0.407. The maximum absolute atomic E-state index is 11.1. The molecule has 1 aliphatic rings. The van der Waals surface area contributed by atoms with Crippen molar-refractivity contribution in [2.24, 2.45) is 0 Å². The molecular weight excluding hydrogens is 320 g/mol. The van der Waals surface area contributed by atoms with Gasteiger partial charge in [-0.2, -0.15) is 4.68 Å². The predicted molar refractivity (Wildman–Crippen MR) is 91.8 cm³/mol. The van der Waals surface area contributed by atoms with Crippen LogP contribution in [0.15, 0.2) is 54.6 Å². The van der Waals surface area contributed by atoms with Gasteiger partial charge in [-0.05, 0) is 34.6 Å². The summed E-state index contributed by atoms with van der Waals surface area (Å²) in [6.45, 7) is 2.03. The molecule has 3 aromatic rings. The lowest BCUT2D eigenvalue weighted by molar-refractivity contribution is -0.384. The average Bonchev–Trinajstić information content (AvgIpc) is 3.10. The second-order valence-electron chi connectivity index (χ2n) is 5.82. The summed E-state index contributed by atoms with van der Waals surface area (Å²) in [4.78, 5) is 10.7. The Labute approximate surface area is 142 Å². The standard InChI is InChI=1S/C17H14N6O2/c1-11-5-7-12(8-6-11)15-10-16(22-17(18-15)19-20-21-22)13-3-2-4-14(9-13)23(24)25/h2-10,16H,1H3,(H,18,19,21). The largest absolute Gasteiger partial charge is 0.323 e. The smallest absolute Gasteiger partial charge is 0.269 e. The van der Waals surface area contributed by atoms with Crippen molar-refractivity contribution >= 4 is 17.3 Å². The second kappa shape index (κ2) is 5.82. The fourth-order valence-electron chi connectivity index (χ4n) is 2.82. The Morgan fingerprint density at radius 2 is 2.00 bits per heavy atom. The minimum Gasteiger partial charge on any atom is -0.323 e. The fourth-order valence-corrected chi connectivity index (χ4v) is 2.82. The normalized spacial score (nSPS) is 15.9. The van der Waals surface area contributed by atoms with Crippen LogP contribution in [0.3, 0.4) is 0 Å². The second-order valence-corrected chi connectivity index (χ2v) is 5.82. The van der Waals surface area contributed by atoms with Crippen LogP contribution in [0, 0.1) is 17.0 Å². The highest BCUT2D eigenvalue weighted by Gasteiger charge is 2.25. The van der Waals surface area contributed by atoms with Crippen LogP contribution in [0.1, 0.15) is 22.7 Å². The number of aromatic nitrogens is 4. The number of anilines is 1. The number of non-ortho nitro benzene ring substituents is 1. The molecule has 4 rings (SSSR count). The van der Waals surface area contributed by atoms with Gasteiger partial charge >= 0.3 is 0 Å². The average molecular weight is 334 g/mol. The third-order valence-electron chi connectivity index (χ3n) is 4.11. The van der Waals surface area contributed by atoms with E-state index in [0.717, 1.165) is 16.8 Å². The van der Waals surface area contributed by atoms with Crippen molar-refractivity contribution in [2.45, 2.75) is 13.0 Å². The molecule has 0 fully saturated rings. The van der Waals surface area contributed by atoms with E-state index < -0.39 is 4.92 Å². The maximum atomic E-state index is 11.1. The molecule has 0 spiro atoms. The van der Waals surface area contributed by atoms with Gasteiger partial charge in [0.2, 0.25) is 5.95 Å². The Hall–Kier alpha value is -3.55. The number of rotatable bonds is 3. The van der Waals surface area contributed by atoms with Crippen molar-refractivity contribution in [2.75, 3.05) is 5.32 Å². The molecule has 1 N–H and O–H groups in total. The van der Waals surface area contributed by atoms with Gasteiger partial charge in [-0.3, -0.25) is 10.1 Å². The van der Waals surface area contributed by atoms with Gasteiger partial charge in [0.05, 0.1) is 4.92 Å². The summed E-state index contributed by atoms with van der Waals surface area (Å²) >= 11 is 0. The van der Waals surface area contributed by atoms with Crippen molar-refractivity contribution in [3.8, 4) is 0 Å². The molecule has 1 aromatic heterocycles. The number of nitrogens with zero attached hydrogens (tertiary/aromatic N) is 5. The van der Waals surface area contributed by atoms with Crippen molar-refractivity contribution in [3.63, 3.8) is 0 Å². The molecule has 0 bridgehead atoms. The third kappa shape index (κ3) is 2.74. The molecule has 1 atom stereocenters. The van der Waals surface area contributed by atoms with Gasteiger partial charge < -0.3 is 5.32 Å². The van der Waals surface area contributed by atoms with E-state index in [4.69, 9.17) is 0 Å². The predicted octanol–water partition coefficient (Wildman–Crippen LogP) is 2.95. The Kier molecular flexibility index (Phi) is 3.50.